The van der Waals surface area contributed by atoms with E-state index in [-0.39, 0.29) is 5.78 Å². The molecule has 0 atom stereocenters. The summed E-state index contributed by atoms with van der Waals surface area (Å²) >= 11 is 1.40. The lowest BCUT2D eigenvalue weighted by molar-refractivity contribution is 0.102. The number of nitrogens with one attached hydrogen (secondary N) is 1. The van der Waals surface area contributed by atoms with Gasteiger partial charge >= 0.3 is 0 Å². The van der Waals surface area contributed by atoms with E-state index in [1.165, 1.54) is 18.3 Å². The lowest BCUT2D eigenvalue weighted by Crippen LogP contribution is -2.23. The Labute approximate surface area is 134 Å². The van der Waals surface area contributed by atoms with Gasteiger partial charge in [-0.3, -0.25) is 4.79 Å². The van der Waals surface area contributed by atoms with E-state index in [1.807, 2.05) is 36.4 Å². The van der Waals surface area contributed by atoms with Gasteiger partial charge in [0.25, 0.3) is 0 Å². The molecular weight excluding hydrogens is 318 g/mol. The van der Waals surface area contributed by atoms with Crippen LogP contribution in [0.2, 0.25) is 0 Å². The normalized spacial score (nSPS) is 11.9. The monoisotopic (exact) mass is 335 g/mol. The van der Waals surface area contributed by atoms with Crippen LogP contribution in [0.15, 0.2) is 47.9 Å². The molecule has 116 valence electrons. The maximum absolute atomic E-state index is 11.9. The van der Waals surface area contributed by atoms with Crippen LogP contribution in [-0.4, -0.2) is 20.7 Å². The van der Waals surface area contributed by atoms with Crippen molar-refractivity contribution in [1.82, 2.24) is 4.72 Å². The van der Waals surface area contributed by atoms with Gasteiger partial charge in [0.2, 0.25) is 10.0 Å². The van der Waals surface area contributed by atoms with Crippen molar-refractivity contribution < 1.29 is 13.2 Å². The van der Waals surface area contributed by atoms with Gasteiger partial charge in [-0.05, 0) is 37.1 Å². The van der Waals surface area contributed by atoms with E-state index in [4.69, 9.17) is 0 Å². The van der Waals surface area contributed by atoms with Crippen molar-refractivity contribution in [3.8, 4) is 0 Å². The molecule has 0 unspecified atom stereocenters. The van der Waals surface area contributed by atoms with E-state index in [2.05, 4.69) is 4.72 Å². The zero-order chi connectivity index (χ0) is 16.0. The van der Waals surface area contributed by atoms with Gasteiger partial charge in [-0.2, -0.15) is 0 Å². The largest absolute Gasteiger partial charge is 0.294 e. The summed E-state index contributed by atoms with van der Waals surface area (Å²) in [6.07, 6.45) is 2.12. The second-order valence-corrected chi connectivity index (χ2v) is 7.54. The average molecular weight is 335 g/mol. The zero-order valence-corrected chi connectivity index (χ0v) is 13.8. The lowest BCUT2D eigenvalue weighted by atomic mass is 10.2. The number of Topliss-reactive ketones (excluding diaryl/α,β-unsaturated/α-hetero) is 1. The topological polar surface area (TPSA) is 63.2 Å². The van der Waals surface area contributed by atoms with Gasteiger partial charge in [-0.25, -0.2) is 13.1 Å². The molecule has 6 heteroatoms. The Kier molecular flexibility index (Phi) is 5.65. The van der Waals surface area contributed by atoms with Gasteiger partial charge in [0.15, 0.2) is 5.78 Å². The number of ketones is 1. The van der Waals surface area contributed by atoms with Crippen LogP contribution < -0.4 is 4.72 Å². The van der Waals surface area contributed by atoms with Crippen LogP contribution >= 0.6 is 11.3 Å². The molecule has 2 aromatic rings. The molecule has 1 N–H and O–H groups in total. The molecule has 0 aliphatic heterocycles. The molecule has 1 heterocycles. The van der Waals surface area contributed by atoms with Gasteiger partial charge in [0, 0.05) is 16.8 Å². The highest BCUT2D eigenvalue weighted by atomic mass is 32.2. The Balaban J connectivity index is 1.87. The average Bonchev–Trinajstić information content (AvgIpc) is 2.95. The third-order valence-corrected chi connectivity index (χ3v) is 5.27. The molecule has 4 nitrogen and oxygen atoms in total. The first kappa shape index (κ1) is 16.6. The van der Waals surface area contributed by atoms with Gasteiger partial charge in [0.1, 0.15) is 0 Å². The minimum absolute atomic E-state index is 0.0302. The van der Waals surface area contributed by atoms with Gasteiger partial charge in [0.05, 0.1) is 4.88 Å². The summed E-state index contributed by atoms with van der Waals surface area (Å²) < 4.78 is 26.2. The molecule has 22 heavy (non-hydrogen) atoms. The quantitative estimate of drug-likeness (QED) is 0.791. The van der Waals surface area contributed by atoms with Crippen LogP contribution in [-0.2, 0) is 16.4 Å². The van der Waals surface area contributed by atoms with E-state index in [1.54, 1.807) is 12.1 Å². The van der Waals surface area contributed by atoms with Gasteiger partial charge in [-0.15, -0.1) is 11.3 Å². The Morgan fingerprint density at radius 2 is 1.91 bits per heavy atom. The third kappa shape index (κ3) is 5.22. The van der Waals surface area contributed by atoms with Crippen LogP contribution in [0, 0.1) is 0 Å². The smallest absolute Gasteiger partial charge is 0.233 e. The molecule has 2 rings (SSSR count). The molecule has 0 bridgehead atoms. The minimum Gasteiger partial charge on any atom is -0.294 e. The van der Waals surface area contributed by atoms with E-state index in [9.17, 15) is 13.2 Å². The zero-order valence-electron chi connectivity index (χ0n) is 12.2. The Morgan fingerprint density at radius 1 is 1.18 bits per heavy atom. The predicted molar refractivity (Wildman–Crippen MR) is 90.4 cm³/mol. The Hall–Kier alpha value is -1.76. The van der Waals surface area contributed by atoms with Crippen molar-refractivity contribution in [3.05, 3.63) is 63.2 Å². The summed E-state index contributed by atoms with van der Waals surface area (Å²) in [4.78, 5) is 12.9. The van der Waals surface area contributed by atoms with E-state index in [0.717, 1.165) is 15.8 Å². The van der Waals surface area contributed by atoms with Crippen molar-refractivity contribution in [3.63, 3.8) is 0 Å². The summed E-state index contributed by atoms with van der Waals surface area (Å²) in [5.41, 5.74) is 0.831. The summed E-state index contributed by atoms with van der Waals surface area (Å²) in [7, 11) is -3.45. The van der Waals surface area contributed by atoms with Crippen LogP contribution in [0.4, 0.5) is 0 Å². The maximum Gasteiger partial charge on any atom is 0.233 e. The molecule has 1 aromatic carbocycles. The fourth-order valence-electron chi connectivity index (χ4n) is 1.80. The fourth-order valence-corrected chi connectivity index (χ4v) is 3.52. The van der Waals surface area contributed by atoms with Crippen molar-refractivity contribution in [2.45, 2.75) is 13.3 Å². The molecule has 0 spiro atoms. The third-order valence-electron chi connectivity index (χ3n) is 2.92. The maximum atomic E-state index is 11.9. The highest BCUT2D eigenvalue weighted by Crippen LogP contribution is 2.17. The van der Waals surface area contributed by atoms with Crippen LogP contribution in [0.5, 0.6) is 0 Å². The summed E-state index contributed by atoms with van der Waals surface area (Å²) in [5.74, 6) is 0.0302. The molecule has 1 aromatic heterocycles. The Morgan fingerprint density at radius 3 is 2.55 bits per heavy atom. The lowest BCUT2D eigenvalue weighted by Gasteiger charge is -2.01. The van der Waals surface area contributed by atoms with Gasteiger partial charge < -0.3 is 0 Å². The van der Waals surface area contributed by atoms with E-state index >= 15 is 0 Å². The first-order valence-corrected chi connectivity index (χ1v) is 9.15. The van der Waals surface area contributed by atoms with Crippen LogP contribution in [0.3, 0.4) is 0 Å². The van der Waals surface area contributed by atoms with E-state index < -0.39 is 10.0 Å². The number of carbonyl (C=O) groups excluding carboxylic acids is 1. The minimum atomic E-state index is -3.45. The molecule has 0 fully saturated rings. The number of rotatable bonds is 7. The van der Waals surface area contributed by atoms with Crippen molar-refractivity contribution in [2.24, 2.45) is 0 Å². The van der Waals surface area contributed by atoms with Gasteiger partial charge in [-0.1, -0.05) is 30.3 Å². The predicted octanol–water partition coefficient (Wildman–Crippen LogP) is 3.08. The second-order valence-electron chi connectivity index (χ2n) is 4.72. The van der Waals surface area contributed by atoms with E-state index in [0.29, 0.717) is 17.8 Å². The highest BCUT2D eigenvalue weighted by molar-refractivity contribution is 7.92. The van der Waals surface area contributed by atoms with Crippen molar-refractivity contribution in [2.75, 3.05) is 6.54 Å². The number of carbonyl (C=O) groups is 1. The number of hydrogen-bond acceptors (Lipinski definition) is 4. The van der Waals surface area contributed by atoms with Crippen molar-refractivity contribution >= 4 is 33.2 Å². The molecule has 0 aliphatic carbocycles. The molecule has 0 saturated heterocycles. The SMILES string of the molecule is CC(=O)c1ccc(CCNS(=O)(=O)C=Cc2ccccc2)s1. The fraction of sp³-hybridized carbons (Fsp3) is 0.188. The van der Waals surface area contributed by atoms with Crippen molar-refractivity contribution in [1.29, 1.82) is 0 Å². The first-order valence-electron chi connectivity index (χ1n) is 6.79. The molecule has 0 radical (unpaired) electrons. The molecular formula is C16H17NO3S2. The first-order chi connectivity index (χ1) is 10.5. The number of sulfonamides is 1. The summed E-state index contributed by atoms with van der Waals surface area (Å²) in [6, 6.07) is 12.9. The molecule has 0 saturated carbocycles. The summed E-state index contributed by atoms with van der Waals surface area (Å²) in [6.45, 7) is 1.83. The number of hydrogen-bond donors (Lipinski definition) is 1. The number of thiophene rings is 1. The molecule has 0 amide bonds. The second kappa shape index (κ2) is 7.49. The highest BCUT2D eigenvalue weighted by Gasteiger charge is 2.07. The Bertz CT molecular complexity index is 762. The summed E-state index contributed by atoms with van der Waals surface area (Å²) in [5, 5.41) is 1.16. The molecule has 0 aliphatic rings. The van der Waals surface area contributed by atoms with Crippen LogP contribution in [0.25, 0.3) is 6.08 Å². The van der Waals surface area contributed by atoms with Crippen LogP contribution in [0.1, 0.15) is 27.0 Å². The standard InChI is InChI=1S/C16H17NO3S2/c1-13(18)16-8-7-15(21-16)9-11-17-22(19,20)12-10-14-5-3-2-4-6-14/h2-8,10,12,17H,9,11H2,1H3. The number of benzene rings is 1.